The molecule has 0 saturated carbocycles. The smallest absolute Gasteiger partial charge is 0.350 e. The van der Waals surface area contributed by atoms with Crippen LogP contribution < -0.4 is 17.0 Å². The summed E-state index contributed by atoms with van der Waals surface area (Å²) in [6.07, 6.45) is 0. The molecule has 5 N–H and O–H groups in total. The number of nitrogens with zero attached hydrogens (tertiary/aromatic N) is 2. The van der Waals surface area contributed by atoms with Crippen molar-refractivity contribution in [3.05, 3.63) is 0 Å². The lowest BCUT2D eigenvalue weighted by molar-refractivity contribution is -0.126. The monoisotopic (exact) mass is 173 g/mol. The number of nitrogens with one attached hydrogen (secondary N) is 1. The summed E-state index contributed by atoms with van der Waals surface area (Å²) < 4.78 is 0. The van der Waals surface area contributed by atoms with Crippen molar-refractivity contribution < 1.29 is 14.4 Å². The Morgan fingerprint density at radius 3 is 2.42 bits per heavy atom. The van der Waals surface area contributed by atoms with E-state index in [0.29, 0.717) is 10.0 Å². The number of hydrogen-bond donors (Lipinski definition) is 3. The zero-order valence-electron chi connectivity index (χ0n) is 5.98. The third-order valence-corrected chi connectivity index (χ3v) is 1.21. The molecule has 1 fully saturated rings. The Hall–Kier alpha value is -1.83. The second-order valence-electron chi connectivity index (χ2n) is 2.12. The van der Waals surface area contributed by atoms with Crippen molar-refractivity contribution in [3.63, 3.8) is 0 Å². The minimum Gasteiger partial charge on any atom is -0.350 e. The Bertz CT molecular complexity index is 251. The first-order valence-corrected chi connectivity index (χ1v) is 2.97. The van der Waals surface area contributed by atoms with Crippen LogP contribution in [0.5, 0.6) is 0 Å². The largest absolute Gasteiger partial charge is 0.360 e. The van der Waals surface area contributed by atoms with E-state index in [1.54, 1.807) is 0 Å². The number of nitrogens with two attached hydrogens (primary N) is 2. The third-order valence-electron chi connectivity index (χ3n) is 1.21. The van der Waals surface area contributed by atoms with Gasteiger partial charge in [0, 0.05) is 0 Å². The molecule has 1 saturated heterocycles. The van der Waals surface area contributed by atoms with Crippen LogP contribution in [0.15, 0.2) is 0 Å². The maximum Gasteiger partial charge on any atom is 0.360 e. The Kier molecular flexibility index (Phi) is 1.83. The van der Waals surface area contributed by atoms with Crippen molar-refractivity contribution in [2.45, 2.75) is 0 Å². The van der Waals surface area contributed by atoms with Crippen LogP contribution in [0.25, 0.3) is 0 Å². The number of primary amides is 1. The molecule has 0 atom stereocenters. The first-order chi connectivity index (χ1) is 5.52. The van der Waals surface area contributed by atoms with Crippen LogP contribution in [-0.2, 0) is 4.79 Å². The molecule has 66 valence electrons. The number of carbonyl (C=O) groups excluding carboxylic acids is 3. The summed E-state index contributed by atoms with van der Waals surface area (Å²) in [5.74, 6) is 4.44. The van der Waals surface area contributed by atoms with Gasteiger partial charge in [-0.1, -0.05) is 0 Å². The molecule has 0 radical (unpaired) electrons. The lowest BCUT2D eigenvalue weighted by atomic mass is 10.6. The fourth-order valence-corrected chi connectivity index (χ4v) is 0.740. The quantitative estimate of drug-likeness (QED) is 0.234. The van der Waals surface area contributed by atoms with Gasteiger partial charge in [0.1, 0.15) is 6.54 Å². The van der Waals surface area contributed by atoms with Crippen LogP contribution in [0.3, 0.4) is 0 Å². The van der Waals surface area contributed by atoms with Gasteiger partial charge in [0.25, 0.3) is 5.91 Å². The average molecular weight is 173 g/mol. The van der Waals surface area contributed by atoms with Crippen molar-refractivity contribution in [2.24, 2.45) is 11.6 Å². The maximum atomic E-state index is 10.9. The molecule has 0 spiro atoms. The summed E-state index contributed by atoms with van der Waals surface area (Å²) in [5.41, 5.74) is 6.51. The third kappa shape index (κ3) is 1.27. The van der Waals surface area contributed by atoms with Gasteiger partial charge in [-0.2, -0.15) is 5.01 Å². The van der Waals surface area contributed by atoms with Gasteiger partial charge in [0.05, 0.1) is 0 Å². The number of urea groups is 2. The van der Waals surface area contributed by atoms with Gasteiger partial charge in [-0.15, -0.1) is 0 Å². The number of hydrogen-bond acceptors (Lipinski definition) is 4. The molecular weight excluding hydrogens is 166 g/mol. The molecule has 1 aliphatic rings. The van der Waals surface area contributed by atoms with Gasteiger partial charge in [0.15, 0.2) is 0 Å². The second kappa shape index (κ2) is 2.66. The predicted molar refractivity (Wildman–Crippen MR) is 35.9 cm³/mol. The van der Waals surface area contributed by atoms with Crippen LogP contribution in [0.4, 0.5) is 9.59 Å². The van der Waals surface area contributed by atoms with Crippen molar-refractivity contribution in [1.29, 1.82) is 0 Å². The van der Waals surface area contributed by atoms with E-state index in [1.165, 1.54) is 0 Å². The summed E-state index contributed by atoms with van der Waals surface area (Å²) in [5, 5.41) is 1.13. The molecule has 0 bridgehead atoms. The van der Waals surface area contributed by atoms with E-state index >= 15 is 0 Å². The fraction of sp³-hybridized carbons (Fsp3) is 0.250. The van der Waals surface area contributed by atoms with Gasteiger partial charge in [-0.3, -0.25) is 9.80 Å². The van der Waals surface area contributed by atoms with Crippen LogP contribution in [-0.4, -0.2) is 34.5 Å². The fourth-order valence-electron chi connectivity index (χ4n) is 0.740. The van der Waals surface area contributed by atoms with Crippen LogP contribution >= 0.6 is 0 Å². The van der Waals surface area contributed by atoms with Gasteiger partial charge >= 0.3 is 12.1 Å². The van der Waals surface area contributed by atoms with E-state index in [1.807, 2.05) is 5.43 Å². The van der Waals surface area contributed by atoms with E-state index in [2.05, 4.69) is 5.73 Å². The summed E-state index contributed by atoms with van der Waals surface area (Å²) in [6.45, 7) is -0.265. The standard InChI is InChI=1S/C4H7N5O3/c5-3(11)7-9-2(10)1-8(6)4(9)12/h1,6H2,(H3,5,7,11). The number of hydrazine groups is 2. The van der Waals surface area contributed by atoms with E-state index in [4.69, 9.17) is 5.84 Å². The Labute approximate surface area is 67.0 Å². The highest BCUT2D eigenvalue weighted by Crippen LogP contribution is 2.01. The van der Waals surface area contributed by atoms with Gasteiger partial charge in [-0.05, 0) is 0 Å². The number of rotatable bonds is 1. The van der Waals surface area contributed by atoms with Gasteiger partial charge in [0.2, 0.25) is 0 Å². The first kappa shape index (κ1) is 8.27. The summed E-state index contributed by atoms with van der Waals surface area (Å²) in [7, 11) is 0. The molecule has 0 aromatic carbocycles. The van der Waals surface area contributed by atoms with Crippen molar-refractivity contribution in [3.8, 4) is 0 Å². The Morgan fingerprint density at radius 1 is 1.50 bits per heavy atom. The number of carbonyl (C=O) groups is 3. The predicted octanol–water partition coefficient (Wildman–Crippen LogP) is -2.29. The summed E-state index contributed by atoms with van der Waals surface area (Å²) >= 11 is 0. The molecule has 0 unspecified atom stereocenters. The Balaban J connectivity index is 2.70. The number of imide groups is 1. The summed E-state index contributed by atoms with van der Waals surface area (Å²) in [6, 6.07) is -1.80. The molecule has 0 aromatic heterocycles. The molecular formula is C4H7N5O3. The summed E-state index contributed by atoms with van der Waals surface area (Å²) in [4.78, 5) is 32.0. The first-order valence-electron chi connectivity index (χ1n) is 2.97. The van der Waals surface area contributed by atoms with Crippen molar-refractivity contribution >= 4 is 18.0 Å². The minimum absolute atomic E-state index is 0.265. The Morgan fingerprint density at radius 2 is 2.08 bits per heavy atom. The molecule has 1 rings (SSSR count). The minimum atomic E-state index is -0.994. The SMILES string of the molecule is NC(=O)NN1C(=O)CN(N)C1=O. The van der Waals surface area contributed by atoms with Crippen LogP contribution in [0, 0.1) is 0 Å². The van der Waals surface area contributed by atoms with E-state index in [9.17, 15) is 14.4 Å². The normalized spacial score (nSPS) is 17.1. The lowest BCUT2D eigenvalue weighted by Gasteiger charge is -2.12. The van der Waals surface area contributed by atoms with Crippen LogP contribution in [0.2, 0.25) is 0 Å². The van der Waals surface area contributed by atoms with Crippen molar-refractivity contribution in [2.75, 3.05) is 6.54 Å². The molecule has 8 heteroatoms. The highest BCUT2D eigenvalue weighted by molar-refractivity contribution is 6.02. The lowest BCUT2D eigenvalue weighted by Crippen LogP contribution is -2.49. The maximum absolute atomic E-state index is 10.9. The van der Waals surface area contributed by atoms with Crippen LogP contribution in [0.1, 0.15) is 0 Å². The molecule has 12 heavy (non-hydrogen) atoms. The van der Waals surface area contributed by atoms with Gasteiger partial charge < -0.3 is 5.73 Å². The zero-order valence-corrected chi connectivity index (χ0v) is 5.98. The number of amides is 5. The van der Waals surface area contributed by atoms with Crippen molar-refractivity contribution in [1.82, 2.24) is 15.4 Å². The molecule has 1 aliphatic heterocycles. The van der Waals surface area contributed by atoms with E-state index < -0.39 is 18.0 Å². The topological polar surface area (TPSA) is 122 Å². The average Bonchev–Trinajstić information content (AvgIpc) is 2.16. The molecule has 1 heterocycles. The van der Waals surface area contributed by atoms with Gasteiger partial charge in [-0.25, -0.2) is 20.9 Å². The highest BCUT2D eigenvalue weighted by Gasteiger charge is 2.35. The molecule has 0 aromatic rings. The van der Waals surface area contributed by atoms with E-state index in [0.717, 1.165) is 0 Å². The van der Waals surface area contributed by atoms with E-state index in [-0.39, 0.29) is 6.54 Å². The highest BCUT2D eigenvalue weighted by atomic mass is 16.2. The zero-order chi connectivity index (χ0) is 9.30. The molecule has 8 nitrogen and oxygen atoms in total. The second-order valence-corrected chi connectivity index (χ2v) is 2.12. The molecule has 5 amide bonds. The molecule has 0 aliphatic carbocycles.